The molecule has 1 aliphatic carbocycles. The summed E-state index contributed by atoms with van der Waals surface area (Å²) >= 11 is 0. The standard InChI is InChI=1S/C14H23N5O2/c1-18(7-6-15)12-8-14(21)19(16-9-12)10-13(20)17-11-4-2-3-5-11/h8-9,11H,2-7,10,15H2,1H3,(H,17,20). The Morgan fingerprint density at radius 1 is 1.52 bits per heavy atom. The second-order valence-electron chi connectivity index (χ2n) is 5.47. The van der Waals surface area contributed by atoms with Gasteiger partial charge in [0.15, 0.2) is 0 Å². The first-order chi connectivity index (χ1) is 10.1. The first kappa shape index (κ1) is 15.5. The molecule has 1 heterocycles. The number of hydrogen-bond donors (Lipinski definition) is 2. The van der Waals surface area contributed by atoms with Crippen LogP contribution in [0.1, 0.15) is 25.7 Å². The molecule has 1 amide bonds. The molecular weight excluding hydrogens is 270 g/mol. The number of nitrogens with zero attached hydrogens (tertiary/aromatic N) is 3. The summed E-state index contributed by atoms with van der Waals surface area (Å²) in [5.74, 6) is -0.153. The maximum absolute atomic E-state index is 12.0. The summed E-state index contributed by atoms with van der Waals surface area (Å²) in [4.78, 5) is 25.7. The monoisotopic (exact) mass is 293 g/mol. The van der Waals surface area contributed by atoms with E-state index in [-0.39, 0.29) is 24.1 Å². The smallest absolute Gasteiger partial charge is 0.269 e. The van der Waals surface area contributed by atoms with Crippen molar-refractivity contribution in [3.05, 3.63) is 22.6 Å². The maximum atomic E-state index is 12.0. The number of rotatable bonds is 6. The Balaban J connectivity index is 1.97. The molecule has 116 valence electrons. The van der Waals surface area contributed by atoms with Gasteiger partial charge in [-0.05, 0) is 12.8 Å². The van der Waals surface area contributed by atoms with Crippen LogP contribution in [0.25, 0.3) is 0 Å². The highest BCUT2D eigenvalue weighted by molar-refractivity contribution is 5.76. The summed E-state index contributed by atoms with van der Waals surface area (Å²) in [5, 5.41) is 7.00. The number of nitrogens with two attached hydrogens (primary N) is 1. The third-order valence-corrected chi connectivity index (χ3v) is 3.77. The number of carbonyl (C=O) groups excluding carboxylic acids is 1. The van der Waals surface area contributed by atoms with Crippen LogP contribution in [0, 0.1) is 0 Å². The third kappa shape index (κ3) is 4.29. The number of aromatic nitrogens is 2. The summed E-state index contributed by atoms with van der Waals surface area (Å²) < 4.78 is 1.18. The minimum Gasteiger partial charge on any atom is -0.372 e. The molecule has 2 rings (SSSR count). The molecule has 7 nitrogen and oxygen atoms in total. The molecule has 3 N–H and O–H groups in total. The van der Waals surface area contributed by atoms with Crippen LogP contribution in [0.2, 0.25) is 0 Å². The number of hydrogen-bond acceptors (Lipinski definition) is 5. The van der Waals surface area contributed by atoms with E-state index in [1.54, 1.807) is 6.20 Å². The summed E-state index contributed by atoms with van der Waals surface area (Å²) in [7, 11) is 1.85. The van der Waals surface area contributed by atoms with Crippen LogP contribution in [0.15, 0.2) is 17.1 Å². The lowest BCUT2D eigenvalue weighted by molar-refractivity contribution is -0.122. The average molecular weight is 293 g/mol. The number of anilines is 1. The Labute approximate surface area is 124 Å². The highest BCUT2D eigenvalue weighted by Gasteiger charge is 2.17. The Hall–Kier alpha value is -1.89. The number of nitrogens with one attached hydrogen (secondary N) is 1. The highest BCUT2D eigenvalue weighted by Crippen LogP contribution is 2.17. The molecule has 0 saturated heterocycles. The van der Waals surface area contributed by atoms with Gasteiger partial charge < -0.3 is 16.0 Å². The van der Waals surface area contributed by atoms with Gasteiger partial charge in [0.1, 0.15) is 6.54 Å². The van der Waals surface area contributed by atoms with E-state index in [2.05, 4.69) is 10.4 Å². The molecule has 0 aliphatic heterocycles. The molecule has 1 fully saturated rings. The maximum Gasteiger partial charge on any atom is 0.269 e. The van der Waals surface area contributed by atoms with Crippen molar-refractivity contribution in [2.24, 2.45) is 5.73 Å². The quantitative estimate of drug-likeness (QED) is 0.751. The second-order valence-corrected chi connectivity index (χ2v) is 5.47. The third-order valence-electron chi connectivity index (χ3n) is 3.77. The molecule has 0 aromatic carbocycles. The van der Waals surface area contributed by atoms with Crippen LogP contribution in [-0.4, -0.2) is 41.9 Å². The van der Waals surface area contributed by atoms with Gasteiger partial charge in [0.2, 0.25) is 5.91 Å². The molecule has 7 heteroatoms. The normalized spacial score (nSPS) is 15.1. The van der Waals surface area contributed by atoms with E-state index in [1.807, 2.05) is 11.9 Å². The van der Waals surface area contributed by atoms with Crippen LogP contribution in [0.4, 0.5) is 5.69 Å². The topological polar surface area (TPSA) is 93.2 Å². The van der Waals surface area contributed by atoms with Crippen molar-refractivity contribution in [1.82, 2.24) is 15.1 Å². The largest absolute Gasteiger partial charge is 0.372 e. The van der Waals surface area contributed by atoms with E-state index in [0.717, 1.165) is 25.7 Å². The number of carbonyl (C=O) groups is 1. The zero-order valence-corrected chi connectivity index (χ0v) is 12.4. The SMILES string of the molecule is CN(CCN)c1cnn(CC(=O)NC2CCCC2)c(=O)c1. The van der Waals surface area contributed by atoms with Crippen molar-refractivity contribution in [1.29, 1.82) is 0 Å². The van der Waals surface area contributed by atoms with Gasteiger partial charge in [0.05, 0.1) is 11.9 Å². The lowest BCUT2D eigenvalue weighted by atomic mass is 10.2. The van der Waals surface area contributed by atoms with Gasteiger partial charge in [0, 0.05) is 32.2 Å². The van der Waals surface area contributed by atoms with Crippen LogP contribution < -0.4 is 21.5 Å². The van der Waals surface area contributed by atoms with Crippen molar-refractivity contribution in [2.45, 2.75) is 38.3 Å². The van der Waals surface area contributed by atoms with Gasteiger partial charge in [-0.2, -0.15) is 5.10 Å². The predicted molar refractivity (Wildman–Crippen MR) is 81.2 cm³/mol. The minimum absolute atomic E-state index is 0.0315. The second kappa shape index (κ2) is 7.21. The van der Waals surface area contributed by atoms with E-state index >= 15 is 0 Å². The Morgan fingerprint density at radius 3 is 2.86 bits per heavy atom. The zero-order valence-electron chi connectivity index (χ0n) is 12.4. The van der Waals surface area contributed by atoms with Crippen LogP contribution >= 0.6 is 0 Å². The van der Waals surface area contributed by atoms with Gasteiger partial charge >= 0.3 is 0 Å². The highest BCUT2D eigenvalue weighted by atomic mass is 16.2. The van der Waals surface area contributed by atoms with E-state index in [4.69, 9.17) is 5.73 Å². The van der Waals surface area contributed by atoms with Crippen LogP contribution in [0.3, 0.4) is 0 Å². The van der Waals surface area contributed by atoms with Gasteiger partial charge in [-0.15, -0.1) is 0 Å². The van der Waals surface area contributed by atoms with Crippen LogP contribution in [0.5, 0.6) is 0 Å². The van der Waals surface area contributed by atoms with Crippen molar-refractivity contribution < 1.29 is 4.79 Å². The molecule has 0 unspecified atom stereocenters. The lowest BCUT2D eigenvalue weighted by Gasteiger charge is -2.18. The predicted octanol–water partition coefficient (Wildman–Crippen LogP) is -0.303. The molecule has 1 aromatic rings. The minimum atomic E-state index is -0.280. The fraction of sp³-hybridized carbons (Fsp3) is 0.643. The average Bonchev–Trinajstić information content (AvgIpc) is 2.94. The molecule has 1 aromatic heterocycles. The molecule has 21 heavy (non-hydrogen) atoms. The molecule has 0 radical (unpaired) electrons. The fourth-order valence-corrected chi connectivity index (χ4v) is 2.55. The molecule has 1 saturated carbocycles. The molecular formula is C14H23N5O2. The Morgan fingerprint density at radius 2 is 2.24 bits per heavy atom. The number of amides is 1. The van der Waals surface area contributed by atoms with E-state index in [1.165, 1.54) is 10.7 Å². The van der Waals surface area contributed by atoms with Gasteiger partial charge in [0.25, 0.3) is 5.56 Å². The van der Waals surface area contributed by atoms with E-state index < -0.39 is 0 Å². The van der Waals surface area contributed by atoms with Crippen molar-refractivity contribution in [2.75, 3.05) is 25.0 Å². The molecule has 0 spiro atoms. The van der Waals surface area contributed by atoms with E-state index in [9.17, 15) is 9.59 Å². The first-order valence-electron chi connectivity index (χ1n) is 7.38. The zero-order chi connectivity index (χ0) is 15.2. The van der Waals surface area contributed by atoms with Crippen molar-refractivity contribution in [3.63, 3.8) is 0 Å². The van der Waals surface area contributed by atoms with Crippen molar-refractivity contribution >= 4 is 11.6 Å². The van der Waals surface area contributed by atoms with Gasteiger partial charge in [-0.1, -0.05) is 12.8 Å². The summed E-state index contributed by atoms with van der Waals surface area (Å²) in [6, 6.07) is 1.73. The molecule has 0 atom stereocenters. The Kier molecular flexibility index (Phi) is 5.32. The van der Waals surface area contributed by atoms with Gasteiger partial charge in [-0.25, -0.2) is 4.68 Å². The first-order valence-corrected chi connectivity index (χ1v) is 7.38. The van der Waals surface area contributed by atoms with Crippen LogP contribution in [-0.2, 0) is 11.3 Å². The van der Waals surface area contributed by atoms with Crippen molar-refractivity contribution in [3.8, 4) is 0 Å². The Bertz CT molecular complexity index is 536. The fourth-order valence-electron chi connectivity index (χ4n) is 2.55. The van der Waals surface area contributed by atoms with Gasteiger partial charge in [-0.3, -0.25) is 9.59 Å². The summed E-state index contributed by atoms with van der Waals surface area (Å²) in [6.07, 6.45) is 5.95. The molecule has 0 bridgehead atoms. The lowest BCUT2D eigenvalue weighted by Crippen LogP contribution is -2.38. The summed E-state index contributed by atoms with van der Waals surface area (Å²) in [6.45, 7) is 1.12. The summed E-state index contributed by atoms with van der Waals surface area (Å²) in [5.41, 5.74) is 5.91. The number of likely N-dealkylation sites (N-methyl/N-ethyl adjacent to an activating group) is 1. The molecule has 1 aliphatic rings. The van der Waals surface area contributed by atoms with E-state index in [0.29, 0.717) is 18.8 Å².